The number of esters is 1. The molecule has 1 aromatic rings. The van der Waals surface area contributed by atoms with Crippen LogP contribution in [-0.4, -0.2) is 5.97 Å². The third-order valence-corrected chi connectivity index (χ3v) is 2.76. The van der Waals surface area contributed by atoms with Crippen molar-refractivity contribution < 1.29 is 9.53 Å². The van der Waals surface area contributed by atoms with E-state index in [1.807, 2.05) is 37.3 Å². The molecule has 0 radical (unpaired) electrons. The van der Waals surface area contributed by atoms with Crippen LogP contribution in [0.15, 0.2) is 36.1 Å². The van der Waals surface area contributed by atoms with Crippen molar-refractivity contribution in [1.82, 2.24) is 0 Å². The number of hydrogen-bond acceptors (Lipinski definition) is 2. The first kappa shape index (κ1) is 16.0. The van der Waals surface area contributed by atoms with Crippen LogP contribution in [0.2, 0.25) is 0 Å². The summed E-state index contributed by atoms with van der Waals surface area (Å²) in [7, 11) is 0. The monoisotopic (exact) mass is 270 g/mol. The first-order chi connectivity index (χ1) is 9.72. The fourth-order valence-corrected chi connectivity index (χ4v) is 1.88. The summed E-state index contributed by atoms with van der Waals surface area (Å²) in [6.45, 7) is 5.82. The summed E-state index contributed by atoms with van der Waals surface area (Å²) in [5.74, 6) is 6.50. The maximum absolute atomic E-state index is 11.8. The molecule has 1 rings (SSSR count). The van der Waals surface area contributed by atoms with Crippen LogP contribution in [0.1, 0.15) is 52.0 Å². The van der Waals surface area contributed by atoms with Gasteiger partial charge in [0.2, 0.25) is 0 Å². The largest absolute Gasteiger partial charge is 0.430 e. The van der Waals surface area contributed by atoms with E-state index in [2.05, 4.69) is 18.8 Å². The van der Waals surface area contributed by atoms with Crippen LogP contribution >= 0.6 is 0 Å². The number of carbonyl (C=O) groups is 1. The molecule has 0 bridgehead atoms. The van der Waals surface area contributed by atoms with Crippen molar-refractivity contribution in [1.29, 1.82) is 0 Å². The maximum Gasteiger partial charge on any atom is 0.310 e. The summed E-state index contributed by atoms with van der Waals surface area (Å²) in [6.07, 6.45) is 2.86. The van der Waals surface area contributed by atoms with Gasteiger partial charge in [0.25, 0.3) is 0 Å². The zero-order valence-corrected chi connectivity index (χ0v) is 12.5. The predicted octanol–water partition coefficient (Wildman–Crippen LogP) is 4.56. The minimum Gasteiger partial charge on any atom is -0.430 e. The van der Waals surface area contributed by atoms with Gasteiger partial charge in [0.1, 0.15) is 5.76 Å². The number of rotatable bonds is 6. The summed E-state index contributed by atoms with van der Waals surface area (Å²) in [4.78, 5) is 11.8. The summed E-state index contributed by atoms with van der Waals surface area (Å²) < 4.78 is 5.54. The molecular formula is C18H22O2. The molecule has 0 N–H and O–H groups in total. The summed E-state index contributed by atoms with van der Waals surface area (Å²) in [5.41, 5.74) is 1.81. The standard InChI is InChI=1S/C18H22O2/c1-4-10-16(15-13-8-7-9-14-15)17(11-5-2)20-18(19)12-6-3/h7-9,13-14H,5-6,11-12H2,1-3H3/b17-16+. The Hall–Kier alpha value is -2.01. The summed E-state index contributed by atoms with van der Waals surface area (Å²) in [6, 6.07) is 9.86. The molecule has 2 heteroatoms. The van der Waals surface area contributed by atoms with Crippen molar-refractivity contribution in [3.63, 3.8) is 0 Å². The SMILES string of the molecule is CC#C/C(=C(/CCC)OC(=O)CCC)c1ccccc1. The number of hydrogen-bond donors (Lipinski definition) is 0. The molecule has 0 aliphatic heterocycles. The summed E-state index contributed by atoms with van der Waals surface area (Å²) in [5, 5.41) is 0. The van der Waals surface area contributed by atoms with Gasteiger partial charge in [-0.05, 0) is 25.3 Å². The third kappa shape index (κ3) is 4.93. The Balaban J connectivity index is 3.17. The number of carbonyl (C=O) groups excluding carboxylic acids is 1. The fourth-order valence-electron chi connectivity index (χ4n) is 1.88. The molecule has 0 aromatic heterocycles. The van der Waals surface area contributed by atoms with Gasteiger partial charge in [-0.1, -0.05) is 50.1 Å². The predicted molar refractivity (Wildman–Crippen MR) is 82.7 cm³/mol. The molecule has 0 amide bonds. The van der Waals surface area contributed by atoms with Gasteiger partial charge in [-0.3, -0.25) is 4.79 Å². The highest BCUT2D eigenvalue weighted by molar-refractivity contribution is 5.82. The first-order valence-corrected chi connectivity index (χ1v) is 7.14. The Morgan fingerprint density at radius 1 is 1.10 bits per heavy atom. The zero-order valence-electron chi connectivity index (χ0n) is 12.5. The van der Waals surface area contributed by atoms with E-state index < -0.39 is 0 Å². The van der Waals surface area contributed by atoms with E-state index in [1.165, 1.54) is 0 Å². The van der Waals surface area contributed by atoms with Gasteiger partial charge in [-0.15, -0.1) is 5.92 Å². The number of allylic oxidation sites excluding steroid dienone is 2. The molecule has 0 heterocycles. The molecule has 0 aliphatic carbocycles. The van der Waals surface area contributed by atoms with Gasteiger partial charge < -0.3 is 4.74 Å². The van der Waals surface area contributed by atoms with E-state index in [0.29, 0.717) is 18.6 Å². The van der Waals surface area contributed by atoms with E-state index in [9.17, 15) is 4.79 Å². The van der Waals surface area contributed by atoms with E-state index >= 15 is 0 Å². The zero-order chi connectivity index (χ0) is 14.8. The van der Waals surface area contributed by atoms with E-state index in [1.54, 1.807) is 6.92 Å². The highest BCUT2D eigenvalue weighted by Gasteiger charge is 2.12. The Bertz CT molecular complexity index is 515. The molecule has 20 heavy (non-hydrogen) atoms. The lowest BCUT2D eigenvalue weighted by atomic mass is 10.0. The van der Waals surface area contributed by atoms with E-state index in [0.717, 1.165) is 24.0 Å². The van der Waals surface area contributed by atoms with Crippen LogP contribution in [0.4, 0.5) is 0 Å². The van der Waals surface area contributed by atoms with E-state index in [-0.39, 0.29) is 5.97 Å². The highest BCUT2D eigenvalue weighted by atomic mass is 16.5. The van der Waals surface area contributed by atoms with Gasteiger partial charge in [0, 0.05) is 12.8 Å². The average Bonchev–Trinajstić information content (AvgIpc) is 2.45. The fraction of sp³-hybridized carbons (Fsp3) is 0.389. The molecule has 0 unspecified atom stereocenters. The average molecular weight is 270 g/mol. The van der Waals surface area contributed by atoms with Crippen molar-refractivity contribution in [3.8, 4) is 11.8 Å². The highest BCUT2D eigenvalue weighted by Crippen LogP contribution is 2.23. The summed E-state index contributed by atoms with van der Waals surface area (Å²) >= 11 is 0. The Morgan fingerprint density at radius 3 is 2.30 bits per heavy atom. The van der Waals surface area contributed by atoms with Gasteiger partial charge in [0.05, 0.1) is 5.57 Å². The van der Waals surface area contributed by atoms with Crippen LogP contribution in [0, 0.1) is 11.8 Å². The lowest BCUT2D eigenvalue weighted by molar-refractivity contribution is -0.139. The Kier molecular flexibility index (Phi) is 7.21. The minimum absolute atomic E-state index is 0.178. The lowest BCUT2D eigenvalue weighted by Crippen LogP contribution is -2.06. The van der Waals surface area contributed by atoms with Crippen molar-refractivity contribution in [2.24, 2.45) is 0 Å². The second-order valence-corrected chi connectivity index (χ2v) is 4.51. The topological polar surface area (TPSA) is 26.3 Å². The maximum atomic E-state index is 11.8. The van der Waals surface area contributed by atoms with E-state index in [4.69, 9.17) is 4.74 Å². The van der Waals surface area contributed by atoms with Crippen LogP contribution in [0.25, 0.3) is 5.57 Å². The van der Waals surface area contributed by atoms with Crippen molar-refractivity contribution in [2.45, 2.75) is 46.5 Å². The van der Waals surface area contributed by atoms with Crippen LogP contribution in [0.5, 0.6) is 0 Å². The minimum atomic E-state index is -0.178. The van der Waals surface area contributed by atoms with Gasteiger partial charge in [0.15, 0.2) is 0 Å². The van der Waals surface area contributed by atoms with Crippen molar-refractivity contribution in [2.75, 3.05) is 0 Å². The molecule has 1 aromatic carbocycles. The Morgan fingerprint density at radius 2 is 1.75 bits per heavy atom. The van der Waals surface area contributed by atoms with Crippen LogP contribution in [-0.2, 0) is 9.53 Å². The van der Waals surface area contributed by atoms with Gasteiger partial charge in [-0.25, -0.2) is 0 Å². The molecular weight excluding hydrogens is 248 g/mol. The number of ether oxygens (including phenoxy) is 1. The molecule has 0 saturated carbocycles. The van der Waals surface area contributed by atoms with Crippen LogP contribution < -0.4 is 0 Å². The van der Waals surface area contributed by atoms with Crippen LogP contribution in [0.3, 0.4) is 0 Å². The molecule has 0 spiro atoms. The van der Waals surface area contributed by atoms with Crippen molar-refractivity contribution in [3.05, 3.63) is 41.7 Å². The smallest absolute Gasteiger partial charge is 0.310 e. The molecule has 0 atom stereocenters. The second-order valence-electron chi connectivity index (χ2n) is 4.51. The first-order valence-electron chi connectivity index (χ1n) is 7.14. The quantitative estimate of drug-likeness (QED) is 0.430. The second kappa shape index (κ2) is 8.98. The number of benzene rings is 1. The Labute approximate surface area is 121 Å². The molecule has 0 saturated heterocycles. The molecule has 0 aliphatic rings. The molecule has 2 nitrogen and oxygen atoms in total. The van der Waals surface area contributed by atoms with Gasteiger partial charge >= 0.3 is 5.97 Å². The van der Waals surface area contributed by atoms with Crippen molar-refractivity contribution >= 4 is 11.5 Å². The normalized spacial score (nSPS) is 11.2. The van der Waals surface area contributed by atoms with Gasteiger partial charge in [-0.2, -0.15) is 0 Å². The lowest BCUT2D eigenvalue weighted by Gasteiger charge is -2.11. The third-order valence-electron chi connectivity index (χ3n) is 2.76. The molecule has 106 valence electrons. The molecule has 0 fully saturated rings.